The van der Waals surface area contributed by atoms with Crippen molar-refractivity contribution < 1.29 is 14.4 Å². The minimum absolute atomic E-state index is 0.0569. The van der Waals surface area contributed by atoms with E-state index >= 15 is 0 Å². The number of hydrogen-bond acceptors (Lipinski definition) is 3. The number of carbonyl (C=O) groups excluding carboxylic acids is 3. The molecule has 6 heteroatoms. The molecule has 0 aromatic heterocycles. The molecule has 0 radical (unpaired) electrons. The number of rotatable bonds is 2. The topological polar surface area (TPSA) is 78.5 Å². The van der Waals surface area contributed by atoms with Crippen LogP contribution in [0.4, 0.5) is 11.4 Å². The van der Waals surface area contributed by atoms with Gasteiger partial charge in [0.15, 0.2) is 0 Å². The fourth-order valence-electron chi connectivity index (χ4n) is 2.52. The predicted octanol–water partition coefficient (Wildman–Crippen LogP) is 1.31. The first kappa shape index (κ1) is 16.0. The van der Waals surface area contributed by atoms with Crippen LogP contribution in [0.15, 0.2) is 18.2 Å². The number of fused-ring (bicyclic) bond motifs is 1. The molecule has 2 rings (SSSR count). The summed E-state index contributed by atoms with van der Waals surface area (Å²) in [6, 6.07) is 5.37. The zero-order valence-corrected chi connectivity index (χ0v) is 13.1. The van der Waals surface area contributed by atoms with Crippen LogP contribution in [0, 0.1) is 5.92 Å². The van der Waals surface area contributed by atoms with E-state index in [-0.39, 0.29) is 11.8 Å². The van der Waals surface area contributed by atoms with Crippen LogP contribution >= 0.6 is 0 Å². The number of aryl methyl sites for hydroxylation is 1. The van der Waals surface area contributed by atoms with E-state index in [1.54, 1.807) is 11.0 Å². The van der Waals surface area contributed by atoms with Crippen molar-refractivity contribution in [3.8, 4) is 0 Å². The third kappa shape index (κ3) is 3.27. The van der Waals surface area contributed by atoms with Crippen molar-refractivity contribution in [1.82, 2.24) is 5.32 Å². The lowest BCUT2D eigenvalue weighted by Gasteiger charge is -2.31. The zero-order chi connectivity index (χ0) is 16.3. The quantitative estimate of drug-likeness (QED) is 0.809. The Balaban J connectivity index is 2.22. The van der Waals surface area contributed by atoms with Gasteiger partial charge >= 0.3 is 11.8 Å². The van der Waals surface area contributed by atoms with Gasteiger partial charge < -0.3 is 15.5 Å². The second kappa shape index (κ2) is 6.60. The number of likely N-dealkylation sites (N-methyl/N-ethyl adjacent to an activating group) is 1. The Kier molecular flexibility index (Phi) is 4.80. The van der Waals surface area contributed by atoms with Crippen LogP contribution in [0.2, 0.25) is 0 Å². The number of nitrogens with zero attached hydrogens (tertiary/aromatic N) is 1. The third-order valence-corrected chi connectivity index (χ3v) is 3.65. The molecule has 0 saturated heterocycles. The fourth-order valence-corrected chi connectivity index (χ4v) is 2.52. The summed E-state index contributed by atoms with van der Waals surface area (Å²) in [4.78, 5) is 36.9. The summed E-state index contributed by atoms with van der Waals surface area (Å²) < 4.78 is 0. The maximum absolute atomic E-state index is 12.3. The van der Waals surface area contributed by atoms with Gasteiger partial charge in [0.25, 0.3) is 0 Å². The van der Waals surface area contributed by atoms with Gasteiger partial charge in [0.05, 0.1) is 0 Å². The van der Waals surface area contributed by atoms with Crippen molar-refractivity contribution in [1.29, 1.82) is 0 Å². The predicted molar refractivity (Wildman–Crippen MR) is 84.7 cm³/mol. The molecule has 118 valence electrons. The zero-order valence-electron chi connectivity index (χ0n) is 13.1. The third-order valence-electron chi connectivity index (χ3n) is 3.65. The van der Waals surface area contributed by atoms with Crippen molar-refractivity contribution in [3.63, 3.8) is 0 Å². The average molecular weight is 303 g/mol. The van der Waals surface area contributed by atoms with E-state index in [9.17, 15) is 14.4 Å². The maximum Gasteiger partial charge on any atom is 0.313 e. The summed E-state index contributed by atoms with van der Waals surface area (Å²) in [6.07, 6.45) is 1.74. The Morgan fingerprint density at radius 2 is 1.91 bits per heavy atom. The number of benzene rings is 1. The second-order valence-corrected chi connectivity index (χ2v) is 5.62. The van der Waals surface area contributed by atoms with Crippen LogP contribution in [0.1, 0.15) is 25.8 Å². The molecular weight excluding hydrogens is 282 g/mol. The molecule has 1 heterocycles. The van der Waals surface area contributed by atoms with Gasteiger partial charge in [-0.3, -0.25) is 14.4 Å². The highest BCUT2D eigenvalue weighted by atomic mass is 16.2. The molecule has 0 fully saturated rings. The Bertz CT molecular complexity index is 611. The number of nitrogens with one attached hydrogen (secondary N) is 2. The second-order valence-electron chi connectivity index (χ2n) is 5.62. The van der Waals surface area contributed by atoms with Gasteiger partial charge in [0.2, 0.25) is 5.91 Å². The highest BCUT2D eigenvalue weighted by Gasteiger charge is 2.24. The minimum atomic E-state index is -0.701. The van der Waals surface area contributed by atoms with Crippen LogP contribution in [0.5, 0.6) is 0 Å². The molecule has 1 aromatic carbocycles. The van der Waals surface area contributed by atoms with Crippen molar-refractivity contribution in [3.05, 3.63) is 23.8 Å². The van der Waals surface area contributed by atoms with Crippen LogP contribution in [-0.4, -0.2) is 31.3 Å². The van der Waals surface area contributed by atoms with E-state index < -0.39 is 11.8 Å². The average Bonchev–Trinajstić information content (AvgIpc) is 2.52. The number of anilines is 2. The highest BCUT2D eigenvalue weighted by Crippen LogP contribution is 2.30. The van der Waals surface area contributed by atoms with E-state index in [0.717, 1.165) is 24.1 Å². The van der Waals surface area contributed by atoms with E-state index in [2.05, 4.69) is 10.6 Å². The first-order valence-corrected chi connectivity index (χ1v) is 7.41. The summed E-state index contributed by atoms with van der Waals surface area (Å²) in [7, 11) is 1.41. The fraction of sp³-hybridized carbons (Fsp3) is 0.438. The highest BCUT2D eigenvalue weighted by molar-refractivity contribution is 6.39. The Hall–Kier alpha value is -2.37. The summed E-state index contributed by atoms with van der Waals surface area (Å²) in [5, 5.41) is 4.83. The molecule has 0 unspecified atom stereocenters. The summed E-state index contributed by atoms with van der Waals surface area (Å²) in [5.41, 5.74) is 2.46. The molecule has 0 saturated carbocycles. The molecule has 22 heavy (non-hydrogen) atoms. The molecule has 3 amide bonds. The van der Waals surface area contributed by atoms with Gasteiger partial charge in [-0.1, -0.05) is 13.8 Å². The molecular formula is C16H21N3O3. The van der Waals surface area contributed by atoms with Crippen molar-refractivity contribution in [2.75, 3.05) is 23.8 Å². The summed E-state index contributed by atoms with van der Waals surface area (Å²) in [5.74, 6) is -1.34. The molecule has 0 bridgehead atoms. The van der Waals surface area contributed by atoms with Gasteiger partial charge in [-0.15, -0.1) is 0 Å². The lowest BCUT2D eigenvalue weighted by atomic mass is 9.99. The first-order valence-electron chi connectivity index (χ1n) is 7.41. The molecule has 1 aliphatic rings. The van der Waals surface area contributed by atoms with Crippen LogP contribution in [0.3, 0.4) is 0 Å². The monoisotopic (exact) mass is 303 g/mol. The van der Waals surface area contributed by atoms with E-state index in [0.29, 0.717) is 12.2 Å². The molecule has 0 aliphatic carbocycles. The van der Waals surface area contributed by atoms with Crippen LogP contribution in [-0.2, 0) is 20.8 Å². The van der Waals surface area contributed by atoms with Crippen LogP contribution < -0.4 is 15.5 Å². The van der Waals surface area contributed by atoms with E-state index in [1.807, 2.05) is 26.0 Å². The molecule has 0 atom stereocenters. The van der Waals surface area contributed by atoms with Crippen molar-refractivity contribution in [2.45, 2.75) is 26.7 Å². The number of amides is 3. The van der Waals surface area contributed by atoms with E-state index in [4.69, 9.17) is 0 Å². The lowest BCUT2D eigenvalue weighted by molar-refractivity contribution is -0.135. The summed E-state index contributed by atoms with van der Waals surface area (Å²) >= 11 is 0. The Morgan fingerprint density at radius 3 is 2.55 bits per heavy atom. The molecule has 6 nitrogen and oxygen atoms in total. The van der Waals surface area contributed by atoms with Gasteiger partial charge in [-0.2, -0.15) is 0 Å². The number of hydrogen-bond donors (Lipinski definition) is 2. The van der Waals surface area contributed by atoms with Crippen molar-refractivity contribution in [2.24, 2.45) is 5.92 Å². The number of carbonyl (C=O) groups is 3. The van der Waals surface area contributed by atoms with E-state index in [1.165, 1.54) is 7.05 Å². The molecule has 1 aromatic rings. The van der Waals surface area contributed by atoms with Gasteiger partial charge in [0, 0.05) is 30.9 Å². The molecule has 2 N–H and O–H groups in total. The van der Waals surface area contributed by atoms with Gasteiger partial charge in [-0.25, -0.2) is 0 Å². The smallest absolute Gasteiger partial charge is 0.313 e. The van der Waals surface area contributed by atoms with Gasteiger partial charge in [0.1, 0.15) is 0 Å². The minimum Gasteiger partial charge on any atom is -0.351 e. The normalized spacial score (nSPS) is 13.5. The van der Waals surface area contributed by atoms with Gasteiger partial charge in [-0.05, 0) is 36.6 Å². The first-order chi connectivity index (χ1) is 10.4. The largest absolute Gasteiger partial charge is 0.351 e. The molecule has 1 aliphatic heterocycles. The maximum atomic E-state index is 12.3. The van der Waals surface area contributed by atoms with Crippen molar-refractivity contribution >= 4 is 29.1 Å². The van der Waals surface area contributed by atoms with Crippen LogP contribution in [0.25, 0.3) is 0 Å². The molecule has 0 spiro atoms. The summed E-state index contributed by atoms with van der Waals surface area (Å²) in [6.45, 7) is 4.48. The Labute approximate surface area is 129 Å². The SMILES string of the molecule is CNC(=O)C(=O)Nc1ccc2c(c1)CCCN2C(=O)C(C)C. The standard InChI is InChI=1S/C16H21N3O3/c1-10(2)16(22)19-8-4-5-11-9-12(6-7-13(11)19)18-15(21)14(20)17-3/h6-7,9-10H,4-5,8H2,1-3H3,(H,17,20)(H,18,21). The Morgan fingerprint density at radius 1 is 1.18 bits per heavy atom. The lowest BCUT2D eigenvalue weighted by Crippen LogP contribution is -2.38.